The highest BCUT2D eigenvalue weighted by molar-refractivity contribution is 5.94. The molecule has 7 rings (SSSR count). The molecule has 0 saturated carbocycles. The zero-order valence-corrected chi connectivity index (χ0v) is 22.1. The lowest BCUT2D eigenvalue weighted by Gasteiger charge is -2.10. The van der Waals surface area contributed by atoms with Gasteiger partial charge in [-0.05, 0) is 84.9 Å². The van der Waals surface area contributed by atoms with Gasteiger partial charge < -0.3 is 9.47 Å². The number of hydrogen-bond acceptors (Lipinski definition) is 6. The van der Waals surface area contributed by atoms with E-state index in [0.717, 1.165) is 21.9 Å². The van der Waals surface area contributed by atoms with Gasteiger partial charge in [-0.25, -0.2) is 10.2 Å². The summed E-state index contributed by atoms with van der Waals surface area (Å²) in [5.41, 5.74) is 2.72. The van der Waals surface area contributed by atoms with Gasteiger partial charge in [0.2, 0.25) is 0 Å². The first kappa shape index (κ1) is 25.0. The number of aromatic nitrogens is 4. The number of hydrogen-bond donors (Lipinski definition) is 2. The fourth-order valence-electron chi connectivity index (χ4n) is 4.88. The molecule has 7 aromatic rings. The largest absolute Gasteiger partial charge is 0.457 e. The highest BCUT2D eigenvalue weighted by atomic mass is 16.5. The molecule has 0 aliphatic rings. The van der Waals surface area contributed by atoms with E-state index in [9.17, 15) is 9.59 Å². The third-order valence-electron chi connectivity index (χ3n) is 6.94. The van der Waals surface area contributed by atoms with Gasteiger partial charge in [-0.1, -0.05) is 36.4 Å². The lowest BCUT2D eigenvalue weighted by atomic mass is 10.1. The van der Waals surface area contributed by atoms with Crippen LogP contribution in [0, 0.1) is 0 Å². The molecule has 0 fully saturated rings. The predicted octanol–water partition coefficient (Wildman–Crippen LogP) is 7.08. The molecule has 2 heterocycles. The third kappa shape index (κ3) is 4.77. The Morgan fingerprint density at radius 1 is 0.405 bits per heavy atom. The molecule has 5 aromatic carbocycles. The normalized spacial score (nSPS) is 11.0. The molecule has 0 aliphatic heterocycles. The van der Waals surface area contributed by atoms with Crippen LogP contribution < -0.4 is 20.6 Å². The smallest absolute Gasteiger partial charge is 0.272 e. The van der Waals surface area contributed by atoms with Crippen LogP contribution >= 0.6 is 0 Å². The molecule has 8 heteroatoms. The van der Waals surface area contributed by atoms with Crippen molar-refractivity contribution >= 4 is 21.5 Å². The summed E-state index contributed by atoms with van der Waals surface area (Å²) in [6.45, 7) is 0. The van der Waals surface area contributed by atoms with Crippen LogP contribution in [0.15, 0.2) is 131 Å². The minimum Gasteiger partial charge on any atom is -0.457 e. The van der Waals surface area contributed by atoms with Gasteiger partial charge in [0.25, 0.3) is 11.1 Å². The van der Waals surface area contributed by atoms with Crippen LogP contribution in [0.3, 0.4) is 0 Å². The van der Waals surface area contributed by atoms with E-state index in [0.29, 0.717) is 45.2 Å². The standard InChI is InChI=1S/C34H22N4O4/c39-33-29-7-3-1-5-27(29)31(35-37-33)21-9-13-23(14-10-21)41-25-17-19-26(20-18-25)42-24-15-11-22(12-16-24)32-28-6-2-4-8-30(28)34(40)38-36-32/h1-20H,(H,37,39)(H,38,40). The van der Waals surface area contributed by atoms with Gasteiger partial charge in [-0.3, -0.25) is 9.59 Å². The van der Waals surface area contributed by atoms with Crippen LogP contribution in [0.2, 0.25) is 0 Å². The topological polar surface area (TPSA) is 110 Å². The number of aromatic amines is 2. The monoisotopic (exact) mass is 550 g/mol. The Labute approximate surface area is 238 Å². The SMILES string of the molecule is O=c1[nH]nc(-c2ccc(Oc3ccc(Oc4ccc(-c5n[nH]c(=O)c6ccccc56)cc4)cc3)cc2)c2ccccc12. The zero-order valence-electron chi connectivity index (χ0n) is 22.1. The molecule has 0 saturated heterocycles. The Morgan fingerprint density at radius 2 is 0.714 bits per heavy atom. The molecule has 0 bridgehead atoms. The zero-order chi connectivity index (χ0) is 28.5. The molecule has 202 valence electrons. The van der Waals surface area contributed by atoms with Crippen LogP contribution in [0.25, 0.3) is 44.1 Å². The minimum atomic E-state index is -0.212. The van der Waals surface area contributed by atoms with Gasteiger partial charge in [0.1, 0.15) is 23.0 Å². The van der Waals surface area contributed by atoms with Crippen LogP contribution in [-0.4, -0.2) is 20.4 Å². The molecule has 2 aromatic heterocycles. The van der Waals surface area contributed by atoms with E-state index in [1.807, 2.05) is 109 Å². The molecule has 0 amide bonds. The van der Waals surface area contributed by atoms with Gasteiger partial charge in [-0.15, -0.1) is 0 Å². The highest BCUT2D eigenvalue weighted by Gasteiger charge is 2.10. The predicted molar refractivity (Wildman–Crippen MR) is 162 cm³/mol. The third-order valence-corrected chi connectivity index (χ3v) is 6.94. The molecular weight excluding hydrogens is 528 g/mol. The van der Waals surface area contributed by atoms with Crippen LogP contribution in [0.5, 0.6) is 23.0 Å². The Hall–Kier alpha value is -6.02. The van der Waals surface area contributed by atoms with Crippen molar-refractivity contribution in [3.05, 3.63) is 142 Å². The van der Waals surface area contributed by atoms with E-state index in [1.165, 1.54) is 0 Å². The number of rotatable bonds is 6. The van der Waals surface area contributed by atoms with Crippen LogP contribution in [0.4, 0.5) is 0 Å². The first-order valence-electron chi connectivity index (χ1n) is 13.2. The fourth-order valence-corrected chi connectivity index (χ4v) is 4.88. The number of nitrogens with one attached hydrogen (secondary N) is 2. The fraction of sp³-hybridized carbons (Fsp3) is 0. The molecule has 0 unspecified atom stereocenters. The summed E-state index contributed by atoms with van der Waals surface area (Å²) in [5.74, 6) is 2.66. The summed E-state index contributed by atoms with van der Waals surface area (Å²) < 4.78 is 12.0. The molecule has 0 spiro atoms. The van der Waals surface area contributed by atoms with Crippen molar-refractivity contribution in [2.45, 2.75) is 0 Å². The second-order valence-electron chi connectivity index (χ2n) is 9.62. The van der Waals surface area contributed by atoms with Gasteiger partial charge in [0.05, 0.1) is 22.2 Å². The summed E-state index contributed by atoms with van der Waals surface area (Å²) in [5, 5.41) is 16.5. The van der Waals surface area contributed by atoms with E-state index in [4.69, 9.17) is 9.47 Å². The minimum absolute atomic E-state index is 0.212. The quantitative estimate of drug-likeness (QED) is 0.229. The molecule has 42 heavy (non-hydrogen) atoms. The molecule has 2 N–H and O–H groups in total. The highest BCUT2D eigenvalue weighted by Crippen LogP contribution is 2.31. The number of benzene rings is 5. The van der Waals surface area contributed by atoms with Crippen molar-refractivity contribution in [2.24, 2.45) is 0 Å². The molecule has 0 radical (unpaired) electrons. The van der Waals surface area contributed by atoms with Crippen molar-refractivity contribution in [1.82, 2.24) is 20.4 Å². The molecule has 0 aliphatic carbocycles. The van der Waals surface area contributed by atoms with Crippen LogP contribution in [-0.2, 0) is 0 Å². The maximum absolute atomic E-state index is 12.1. The van der Waals surface area contributed by atoms with E-state index >= 15 is 0 Å². The van der Waals surface area contributed by atoms with Gasteiger partial charge in [-0.2, -0.15) is 10.2 Å². The van der Waals surface area contributed by atoms with Crippen molar-refractivity contribution < 1.29 is 9.47 Å². The number of H-pyrrole nitrogens is 2. The second-order valence-corrected chi connectivity index (χ2v) is 9.62. The van der Waals surface area contributed by atoms with Crippen molar-refractivity contribution in [2.75, 3.05) is 0 Å². The second kappa shape index (κ2) is 10.5. The summed E-state index contributed by atoms with van der Waals surface area (Å²) in [4.78, 5) is 24.2. The first-order valence-corrected chi connectivity index (χ1v) is 13.2. The van der Waals surface area contributed by atoms with Gasteiger partial charge in [0, 0.05) is 21.9 Å². The Bertz CT molecular complexity index is 2010. The summed E-state index contributed by atoms with van der Waals surface area (Å²) in [6, 6.07) is 37.3. The van der Waals surface area contributed by atoms with Gasteiger partial charge in [0.15, 0.2) is 0 Å². The van der Waals surface area contributed by atoms with E-state index < -0.39 is 0 Å². The molecular formula is C34H22N4O4. The lowest BCUT2D eigenvalue weighted by molar-refractivity contribution is 0.469. The summed E-state index contributed by atoms with van der Waals surface area (Å²) >= 11 is 0. The number of ether oxygens (including phenoxy) is 2. The van der Waals surface area contributed by atoms with E-state index in [1.54, 1.807) is 12.1 Å². The number of nitrogens with zero attached hydrogens (tertiary/aromatic N) is 2. The van der Waals surface area contributed by atoms with Crippen molar-refractivity contribution in [3.8, 4) is 45.5 Å². The van der Waals surface area contributed by atoms with E-state index in [-0.39, 0.29) is 11.1 Å². The van der Waals surface area contributed by atoms with Crippen LogP contribution in [0.1, 0.15) is 0 Å². The Morgan fingerprint density at radius 3 is 1.07 bits per heavy atom. The summed E-state index contributed by atoms with van der Waals surface area (Å²) in [7, 11) is 0. The lowest BCUT2D eigenvalue weighted by Crippen LogP contribution is -2.09. The number of fused-ring (bicyclic) bond motifs is 2. The van der Waals surface area contributed by atoms with Crippen molar-refractivity contribution in [3.63, 3.8) is 0 Å². The molecule has 8 nitrogen and oxygen atoms in total. The van der Waals surface area contributed by atoms with E-state index in [2.05, 4.69) is 20.4 Å². The molecule has 0 atom stereocenters. The van der Waals surface area contributed by atoms with Crippen molar-refractivity contribution in [1.29, 1.82) is 0 Å². The average Bonchev–Trinajstić information content (AvgIpc) is 3.04. The Balaban J connectivity index is 1.04. The first-order chi connectivity index (χ1) is 20.6. The maximum Gasteiger partial charge on any atom is 0.272 e. The average molecular weight is 551 g/mol. The summed E-state index contributed by atoms with van der Waals surface area (Å²) in [6.07, 6.45) is 0. The maximum atomic E-state index is 12.1. The van der Waals surface area contributed by atoms with Gasteiger partial charge >= 0.3 is 0 Å². The Kier molecular flexibility index (Phi) is 6.25.